The van der Waals surface area contributed by atoms with Gasteiger partial charge in [0.25, 0.3) is 0 Å². The highest BCUT2D eigenvalue weighted by Crippen LogP contribution is 2.31. The lowest BCUT2D eigenvalue weighted by molar-refractivity contribution is -0.151. The van der Waals surface area contributed by atoms with Crippen LogP contribution in [0.3, 0.4) is 0 Å². The van der Waals surface area contributed by atoms with Gasteiger partial charge in [-0.25, -0.2) is 0 Å². The maximum absolute atomic E-state index is 12.4. The van der Waals surface area contributed by atoms with E-state index >= 15 is 0 Å². The lowest BCUT2D eigenvalue weighted by atomic mass is 9.82. The van der Waals surface area contributed by atoms with Crippen LogP contribution in [0.25, 0.3) is 22.3 Å². The van der Waals surface area contributed by atoms with Crippen LogP contribution in [0.15, 0.2) is 51.7 Å². The van der Waals surface area contributed by atoms with E-state index < -0.39 is 5.97 Å². The first-order chi connectivity index (χ1) is 14.4. The predicted octanol–water partition coefficient (Wildman–Crippen LogP) is 4.68. The quantitative estimate of drug-likeness (QED) is 0.550. The van der Waals surface area contributed by atoms with Crippen LogP contribution in [0.5, 0.6) is 5.75 Å². The van der Waals surface area contributed by atoms with Crippen LogP contribution >= 0.6 is 11.6 Å². The minimum absolute atomic E-state index is 0.000740. The monoisotopic (exact) mass is 428 g/mol. The number of carboxylic acid groups (broad SMARTS) is 1. The van der Waals surface area contributed by atoms with Gasteiger partial charge in [0.05, 0.1) is 29.0 Å². The fourth-order valence-electron chi connectivity index (χ4n) is 3.52. The van der Waals surface area contributed by atoms with Crippen molar-refractivity contribution in [3.63, 3.8) is 0 Å². The van der Waals surface area contributed by atoms with Crippen LogP contribution in [0.4, 0.5) is 0 Å². The fourth-order valence-corrected chi connectivity index (χ4v) is 3.73. The summed E-state index contributed by atoms with van der Waals surface area (Å²) in [6.45, 7) is 2.68. The van der Waals surface area contributed by atoms with Crippen molar-refractivity contribution in [1.82, 2.24) is 0 Å². The van der Waals surface area contributed by atoms with Gasteiger partial charge in [0.15, 0.2) is 11.0 Å². The molecule has 0 atom stereocenters. The average molecular weight is 429 g/mol. The summed E-state index contributed by atoms with van der Waals surface area (Å²) in [5.74, 6) is 0.110. The molecule has 1 N–H and O–H groups in total. The summed E-state index contributed by atoms with van der Waals surface area (Å²) >= 11 is 6.18. The number of aryl methyl sites for hydroxylation is 1. The van der Waals surface area contributed by atoms with E-state index in [1.54, 1.807) is 18.2 Å². The van der Waals surface area contributed by atoms with E-state index in [9.17, 15) is 9.59 Å². The van der Waals surface area contributed by atoms with Crippen molar-refractivity contribution in [2.45, 2.75) is 25.9 Å². The van der Waals surface area contributed by atoms with Gasteiger partial charge < -0.3 is 19.0 Å². The Kier molecular flexibility index (Phi) is 5.79. The summed E-state index contributed by atoms with van der Waals surface area (Å²) in [6, 6.07) is 12.1. The van der Waals surface area contributed by atoms with Crippen LogP contribution in [0.1, 0.15) is 18.4 Å². The van der Waals surface area contributed by atoms with Crippen LogP contribution in [0, 0.1) is 12.8 Å². The molecule has 3 aromatic rings. The average Bonchev–Trinajstić information content (AvgIpc) is 2.67. The molecular formula is C23H21ClO6. The maximum atomic E-state index is 12.4. The number of aliphatic carboxylic acids is 1. The van der Waals surface area contributed by atoms with E-state index in [-0.39, 0.29) is 17.5 Å². The molecular weight excluding hydrogens is 408 g/mol. The fraction of sp³-hybridized carbons (Fsp3) is 0.304. The molecule has 1 aliphatic rings. The maximum Gasteiger partial charge on any atom is 0.306 e. The highest BCUT2D eigenvalue weighted by atomic mass is 35.5. The third kappa shape index (κ3) is 4.20. The lowest BCUT2D eigenvalue weighted by Crippen LogP contribution is -2.37. The molecule has 30 heavy (non-hydrogen) atoms. The van der Waals surface area contributed by atoms with Crippen molar-refractivity contribution in [1.29, 1.82) is 0 Å². The minimum Gasteiger partial charge on any atom is -0.491 e. The van der Waals surface area contributed by atoms with Crippen LogP contribution in [-0.4, -0.2) is 30.4 Å². The molecule has 1 heterocycles. The molecule has 0 aliphatic heterocycles. The minimum atomic E-state index is -0.758. The summed E-state index contributed by atoms with van der Waals surface area (Å²) in [7, 11) is 0. The molecule has 0 unspecified atom stereocenters. The number of halogens is 1. The molecule has 6 nitrogen and oxygen atoms in total. The second-order valence-corrected chi connectivity index (χ2v) is 7.83. The molecule has 1 saturated carbocycles. The van der Waals surface area contributed by atoms with Gasteiger partial charge >= 0.3 is 5.97 Å². The Hall–Kier alpha value is -2.83. The first kappa shape index (κ1) is 20.4. The standard InChI is InChI=1S/C23H21ClO6/c1-13-9-14(21-12-19(25)17-3-2-4-18(24)22(17)30-21)5-6-20(13)29-8-7-28-16-10-15(11-16)23(26)27/h2-6,9,12,15-16H,7-8,10-11H2,1H3,(H,26,27). The van der Waals surface area contributed by atoms with Crippen molar-refractivity contribution in [3.05, 3.63) is 63.3 Å². The molecule has 0 amide bonds. The number of ether oxygens (including phenoxy) is 2. The van der Waals surface area contributed by atoms with Gasteiger partial charge in [0.1, 0.15) is 18.1 Å². The number of hydrogen-bond donors (Lipinski definition) is 1. The van der Waals surface area contributed by atoms with Crippen molar-refractivity contribution in [3.8, 4) is 17.1 Å². The molecule has 0 spiro atoms. The van der Waals surface area contributed by atoms with Crippen LogP contribution < -0.4 is 10.2 Å². The largest absolute Gasteiger partial charge is 0.491 e. The van der Waals surface area contributed by atoms with E-state index in [1.165, 1.54) is 6.07 Å². The van der Waals surface area contributed by atoms with E-state index in [4.69, 9.17) is 30.6 Å². The van der Waals surface area contributed by atoms with Crippen molar-refractivity contribution < 1.29 is 23.8 Å². The molecule has 1 aromatic heterocycles. The number of carbonyl (C=O) groups is 1. The Bertz CT molecular complexity index is 1150. The summed E-state index contributed by atoms with van der Waals surface area (Å²) in [4.78, 5) is 23.2. The van der Waals surface area contributed by atoms with Crippen molar-refractivity contribution >= 4 is 28.5 Å². The van der Waals surface area contributed by atoms with Crippen LogP contribution in [0.2, 0.25) is 5.02 Å². The van der Waals surface area contributed by atoms with E-state index in [1.807, 2.05) is 25.1 Å². The van der Waals surface area contributed by atoms with Gasteiger partial charge in [-0.15, -0.1) is 0 Å². The SMILES string of the molecule is Cc1cc(-c2cc(=O)c3cccc(Cl)c3o2)ccc1OCCOC1CC(C(=O)O)C1. The molecule has 7 heteroatoms. The molecule has 0 saturated heterocycles. The van der Waals surface area contributed by atoms with E-state index in [0.29, 0.717) is 53.6 Å². The lowest BCUT2D eigenvalue weighted by Gasteiger charge is -2.32. The van der Waals surface area contributed by atoms with Gasteiger partial charge in [0.2, 0.25) is 0 Å². The Balaban J connectivity index is 1.40. The van der Waals surface area contributed by atoms with Gasteiger partial charge in [0, 0.05) is 11.6 Å². The number of hydrogen-bond acceptors (Lipinski definition) is 5. The first-order valence-electron chi connectivity index (χ1n) is 9.73. The number of fused-ring (bicyclic) bond motifs is 1. The van der Waals surface area contributed by atoms with Gasteiger partial charge in [-0.3, -0.25) is 9.59 Å². The number of rotatable bonds is 7. The summed E-state index contributed by atoms with van der Waals surface area (Å²) in [5.41, 5.74) is 1.87. The molecule has 156 valence electrons. The second kappa shape index (κ2) is 8.50. The highest BCUT2D eigenvalue weighted by molar-refractivity contribution is 6.34. The number of carboxylic acids is 1. The molecule has 0 radical (unpaired) electrons. The van der Waals surface area contributed by atoms with Gasteiger partial charge in [-0.1, -0.05) is 17.7 Å². The molecule has 4 rings (SSSR count). The Morgan fingerprint density at radius 3 is 2.73 bits per heavy atom. The zero-order valence-corrected chi connectivity index (χ0v) is 17.1. The van der Waals surface area contributed by atoms with Gasteiger partial charge in [-0.2, -0.15) is 0 Å². The topological polar surface area (TPSA) is 86.0 Å². The molecule has 0 bridgehead atoms. The van der Waals surface area contributed by atoms with Crippen molar-refractivity contribution in [2.24, 2.45) is 5.92 Å². The Morgan fingerprint density at radius 1 is 1.20 bits per heavy atom. The number of para-hydroxylation sites is 1. The number of benzene rings is 2. The van der Waals surface area contributed by atoms with Gasteiger partial charge in [-0.05, 0) is 55.7 Å². The third-order valence-corrected chi connectivity index (χ3v) is 5.60. The van der Waals surface area contributed by atoms with E-state index in [0.717, 1.165) is 11.1 Å². The highest BCUT2D eigenvalue weighted by Gasteiger charge is 2.34. The molecule has 1 aliphatic carbocycles. The third-order valence-electron chi connectivity index (χ3n) is 5.30. The van der Waals surface area contributed by atoms with E-state index in [2.05, 4.69) is 0 Å². The second-order valence-electron chi connectivity index (χ2n) is 7.42. The summed E-state index contributed by atoms with van der Waals surface area (Å²) in [6.07, 6.45) is 1.12. The first-order valence-corrected chi connectivity index (χ1v) is 10.1. The summed E-state index contributed by atoms with van der Waals surface area (Å²) in [5, 5.41) is 9.72. The van der Waals surface area contributed by atoms with Crippen LogP contribution in [-0.2, 0) is 9.53 Å². The molecule has 1 fully saturated rings. The Morgan fingerprint density at radius 2 is 2.00 bits per heavy atom. The van der Waals surface area contributed by atoms with Crippen molar-refractivity contribution in [2.75, 3.05) is 13.2 Å². The Labute approximate surface area is 178 Å². The zero-order valence-electron chi connectivity index (χ0n) is 16.4. The molecule has 2 aromatic carbocycles. The normalized spacial score (nSPS) is 18.2. The predicted molar refractivity (Wildman–Crippen MR) is 113 cm³/mol. The summed E-state index contributed by atoms with van der Waals surface area (Å²) < 4.78 is 17.3. The zero-order chi connectivity index (χ0) is 21.3. The smallest absolute Gasteiger partial charge is 0.306 e.